The van der Waals surface area contributed by atoms with Crippen LogP contribution in [0.15, 0.2) is 97.1 Å². The van der Waals surface area contributed by atoms with Crippen LogP contribution in [0.1, 0.15) is 0 Å². The fourth-order valence-electron chi connectivity index (χ4n) is 4.73. The van der Waals surface area contributed by atoms with Crippen molar-refractivity contribution in [1.82, 2.24) is 0 Å². The zero-order valence-corrected chi connectivity index (χ0v) is 17.2. The van der Waals surface area contributed by atoms with E-state index in [0.717, 1.165) is 0 Å². The SMILES string of the molecule is COB1c2ccccc2-c2ccccc21.COB1c2ccccc2-c2ccccc21. The molecule has 0 bridgehead atoms. The molecule has 2 heterocycles. The molecule has 6 rings (SSSR count). The normalized spacial score (nSPS) is 12.5. The molecule has 0 saturated carbocycles. The first-order valence-corrected chi connectivity index (χ1v) is 10.3. The van der Waals surface area contributed by atoms with E-state index >= 15 is 0 Å². The molecule has 0 atom stereocenters. The molecule has 0 saturated heterocycles. The van der Waals surface area contributed by atoms with Gasteiger partial charge in [-0.2, -0.15) is 0 Å². The van der Waals surface area contributed by atoms with Gasteiger partial charge in [-0.3, -0.25) is 0 Å². The third kappa shape index (κ3) is 3.00. The zero-order valence-electron chi connectivity index (χ0n) is 17.2. The topological polar surface area (TPSA) is 18.5 Å². The van der Waals surface area contributed by atoms with E-state index in [2.05, 4.69) is 97.1 Å². The maximum absolute atomic E-state index is 5.56. The summed E-state index contributed by atoms with van der Waals surface area (Å²) >= 11 is 0. The van der Waals surface area contributed by atoms with Gasteiger partial charge in [-0.1, -0.05) is 97.1 Å². The van der Waals surface area contributed by atoms with Crippen LogP contribution in [-0.2, 0) is 9.31 Å². The van der Waals surface area contributed by atoms with Gasteiger partial charge in [-0.05, 0) is 44.1 Å². The van der Waals surface area contributed by atoms with Crippen molar-refractivity contribution in [3.8, 4) is 22.3 Å². The van der Waals surface area contributed by atoms with Gasteiger partial charge in [0.05, 0.1) is 0 Å². The summed E-state index contributed by atoms with van der Waals surface area (Å²) in [7, 11) is 3.53. The Hall–Kier alpha value is -3.07. The standard InChI is InChI=1S/2C13H11BO/c2*1-15-14-12-8-4-2-6-10(12)11-7-3-5-9-13(11)14/h2*2-9H,1H3. The summed E-state index contributed by atoms with van der Waals surface area (Å²) in [6.07, 6.45) is 0. The molecule has 0 fully saturated rings. The lowest BCUT2D eigenvalue weighted by Crippen LogP contribution is -2.39. The van der Waals surface area contributed by atoms with Crippen molar-refractivity contribution in [2.45, 2.75) is 0 Å². The van der Waals surface area contributed by atoms with Crippen LogP contribution in [0.3, 0.4) is 0 Å². The number of fused-ring (bicyclic) bond motifs is 6. The third-order valence-electron chi connectivity index (χ3n) is 6.02. The van der Waals surface area contributed by atoms with Crippen LogP contribution in [0.4, 0.5) is 0 Å². The van der Waals surface area contributed by atoms with Crippen molar-refractivity contribution in [2.75, 3.05) is 14.2 Å². The molecule has 2 aliphatic rings. The molecule has 4 aromatic rings. The maximum Gasteiger partial charge on any atom is 0.362 e. The van der Waals surface area contributed by atoms with Crippen LogP contribution < -0.4 is 21.9 Å². The monoisotopic (exact) mass is 388 g/mol. The van der Waals surface area contributed by atoms with Crippen molar-refractivity contribution >= 4 is 35.7 Å². The maximum atomic E-state index is 5.56. The van der Waals surface area contributed by atoms with Gasteiger partial charge in [-0.15, -0.1) is 0 Å². The summed E-state index contributed by atoms with van der Waals surface area (Å²) in [4.78, 5) is 0. The Morgan fingerprint density at radius 1 is 0.400 bits per heavy atom. The van der Waals surface area contributed by atoms with E-state index in [-0.39, 0.29) is 13.8 Å². The third-order valence-corrected chi connectivity index (χ3v) is 6.02. The van der Waals surface area contributed by atoms with E-state index < -0.39 is 0 Å². The summed E-state index contributed by atoms with van der Waals surface area (Å²) < 4.78 is 11.1. The molecule has 0 spiro atoms. The Kier molecular flexibility index (Phi) is 5.04. The average Bonchev–Trinajstić information content (AvgIpc) is 3.32. The zero-order chi connectivity index (χ0) is 20.5. The van der Waals surface area contributed by atoms with E-state index in [1.165, 1.54) is 44.1 Å². The second-order valence-corrected chi connectivity index (χ2v) is 7.58. The molecule has 144 valence electrons. The number of hydrogen-bond acceptors (Lipinski definition) is 2. The molecule has 0 aliphatic carbocycles. The second kappa shape index (κ2) is 7.98. The van der Waals surface area contributed by atoms with Crippen LogP contribution in [0.5, 0.6) is 0 Å². The Labute approximate surface area is 178 Å². The Morgan fingerprint density at radius 3 is 0.867 bits per heavy atom. The highest BCUT2D eigenvalue weighted by Gasteiger charge is 2.33. The highest BCUT2D eigenvalue weighted by molar-refractivity contribution is 6.85. The quantitative estimate of drug-likeness (QED) is 0.492. The number of hydrogen-bond donors (Lipinski definition) is 0. The molecular weight excluding hydrogens is 366 g/mol. The molecular formula is C26H22B2O2. The molecule has 0 amide bonds. The van der Waals surface area contributed by atoms with E-state index in [9.17, 15) is 0 Å². The lowest BCUT2D eigenvalue weighted by atomic mass is 9.59. The average molecular weight is 388 g/mol. The van der Waals surface area contributed by atoms with Gasteiger partial charge in [0.15, 0.2) is 0 Å². The predicted molar refractivity (Wildman–Crippen MR) is 128 cm³/mol. The van der Waals surface area contributed by atoms with Gasteiger partial charge in [-0.25, -0.2) is 0 Å². The highest BCUT2D eigenvalue weighted by Crippen LogP contribution is 2.23. The first-order chi connectivity index (χ1) is 14.8. The fourth-order valence-corrected chi connectivity index (χ4v) is 4.73. The predicted octanol–water partition coefficient (Wildman–Crippen LogP) is 2.84. The van der Waals surface area contributed by atoms with Crippen LogP contribution in [0.2, 0.25) is 0 Å². The molecule has 0 radical (unpaired) electrons. The largest absolute Gasteiger partial charge is 0.430 e. The first-order valence-electron chi connectivity index (χ1n) is 10.3. The first kappa shape index (κ1) is 18.9. The molecule has 0 N–H and O–H groups in total. The van der Waals surface area contributed by atoms with Crippen LogP contribution >= 0.6 is 0 Å². The minimum absolute atomic E-state index is 0.109. The van der Waals surface area contributed by atoms with Crippen molar-refractivity contribution in [3.05, 3.63) is 97.1 Å². The smallest absolute Gasteiger partial charge is 0.362 e. The molecule has 30 heavy (non-hydrogen) atoms. The highest BCUT2D eigenvalue weighted by atomic mass is 16.4. The number of benzene rings is 4. The van der Waals surface area contributed by atoms with Gasteiger partial charge in [0.25, 0.3) is 0 Å². The summed E-state index contributed by atoms with van der Waals surface area (Å²) in [5.74, 6) is 0. The van der Waals surface area contributed by atoms with E-state index in [4.69, 9.17) is 9.31 Å². The van der Waals surface area contributed by atoms with Gasteiger partial charge in [0, 0.05) is 14.2 Å². The van der Waals surface area contributed by atoms with Crippen molar-refractivity contribution < 1.29 is 9.31 Å². The minimum Gasteiger partial charge on any atom is -0.430 e. The summed E-state index contributed by atoms with van der Waals surface area (Å²) in [6.45, 7) is 0.217. The Balaban J connectivity index is 0.000000128. The summed E-state index contributed by atoms with van der Waals surface area (Å²) in [6, 6.07) is 33.8. The van der Waals surface area contributed by atoms with E-state index in [1.807, 2.05) is 0 Å². The van der Waals surface area contributed by atoms with E-state index in [0.29, 0.717) is 0 Å². The van der Waals surface area contributed by atoms with Crippen LogP contribution in [-0.4, -0.2) is 28.1 Å². The molecule has 4 heteroatoms. The van der Waals surface area contributed by atoms with Crippen LogP contribution in [0, 0.1) is 0 Å². The van der Waals surface area contributed by atoms with Crippen LogP contribution in [0.25, 0.3) is 22.3 Å². The van der Waals surface area contributed by atoms with Gasteiger partial charge < -0.3 is 9.31 Å². The van der Waals surface area contributed by atoms with Crippen molar-refractivity contribution in [1.29, 1.82) is 0 Å². The van der Waals surface area contributed by atoms with Gasteiger partial charge >= 0.3 is 13.8 Å². The Bertz CT molecular complexity index is 1020. The molecule has 0 unspecified atom stereocenters. The second-order valence-electron chi connectivity index (χ2n) is 7.58. The van der Waals surface area contributed by atoms with Gasteiger partial charge in [0.1, 0.15) is 0 Å². The summed E-state index contributed by atoms with van der Waals surface area (Å²) in [5, 5.41) is 0. The van der Waals surface area contributed by atoms with Gasteiger partial charge in [0.2, 0.25) is 0 Å². The molecule has 2 nitrogen and oxygen atoms in total. The Morgan fingerprint density at radius 2 is 0.633 bits per heavy atom. The lowest BCUT2D eigenvalue weighted by molar-refractivity contribution is 0.440. The number of rotatable bonds is 2. The molecule has 0 aromatic heterocycles. The van der Waals surface area contributed by atoms with Crippen molar-refractivity contribution in [3.63, 3.8) is 0 Å². The fraction of sp³-hybridized carbons (Fsp3) is 0.0769. The molecule has 4 aromatic carbocycles. The molecule has 2 aliphatic heterocycles. The van der Waals surface area contributed by atoms with E-state index in [1.54, 1.807) is 14.2 Å². The van der Waals surface area contributed by atoms with Crippen molar-refractivity contribution in [2.24, 2.45) is 0 Å². The lowest BCUT2D eigenvalue weighted by Gasteiger charge is -2.05. The summed E-state index contributed by atoms with van der Waals surface area (Å²) in [5.41, 5.74) is 10.3. The minimum atomic E-state index is 0.109.